The van der Waals surface area contributed by atoms with Gasteiger partial charge in [0.25, 0.3) is 0 Å². The zero-order chi connectivity index (χ0) is 14.6. The Balaban J connectivity index is 1.69. The van der Waals surface area contributed by atoms with Crippen LogP contribution in [-0.2, 0) is 6.54 Å². The molecule has 0 N–H and O–H groups in total. The topological polar surface area (TPSA) is 35.1 Å². The lowest BCUT2D eigenvalue weighted by atomic mass is 9.84. The second kappa shape index (κ2) is 4.91. The second-order valence-electron chi connectivity index (χ2n) is 6.58. The maximum Gasteiger partial charge on any atom is 0.419 e. The quantitative estimate of drug-likeness (QED) is 0.791. The number of rotatable bonds is 3. The van der Waals surface area contributed by atoms with E-state index in [0.717, 1.165) is 22.9 Å². The van der Waals surface area contributed by atoms with Gasteiger partial charge >= 0.3 is 5.76 Å². The van der Waals surface area contributed by atoms with Gasteiger partial charge in [-0.05, 0) is 61.6 Å². The van der Waals surface area contributed by atoms with Crippen LogP contribution in [0, 0.1) is 17.8 Å². The van der Waals surface area contributed by atoms with E-state index in [1.165, 1.54) is 25.7 Å². The van der Waals surface area contributed by atoms with Crippen LogP contribution in [0.1, 0.15) is 43.5 Å². The van der Waals surface area contributed by atoms with Crippen LogP contribution in [0.5, 0.6) is 0 Å². The normalized spacial score (nSPS) is 29.3. The average Bonchev–Trinajstić information content (AvgIpc) is 3.18. The molecule has 2 aliphatic carbocycles. The first-order chi connectivity index (χ1) is 10.2. The van der Waals surface area contributed by atoms with Crippen LogP contribution in [0.3, 0.4) is 0 Å². The van der Waals surface area contributed by atoms with Crippen LogP contribution in [0.2, 0.25) is 0 Å². The first-order valence-corrected chi connectivity index (χ1v) is 8.38. The molecule has 4 atom stereocenters. The van der Waals surface area contributed by atoms with Gasteiger partial charge in [0.2, 0.25) is 0 Å². The SMILES string of the molecule is CCn1c(=O)oc2cc(C(Cl)C3CC4CCC3C4)ccc21. The molecule has 1 aromatic heterocycles. The molecule has 0 saturated heterocycles. The van der Waals surface area contributed by atoms with E-state index in [1.807, 2.05) is 19.1 Å². The average molecular weight is 306 g/mol. The van der Waals surface area contributed by atoms with Crippen LogP contribution < -0.4 is 5.76 Å². The highest BCUT2D eigenvalue weighted by Crippen LogP contribution is 2.54. The summed E-state index contributed by atoms with van der Waals surface area (Å²) in [7, 11) is 0. The molecule has 21 heavy (non-hydrogen) atoms. The minimum atomic E-state index is -0.282. The first-order valence-electron chi connectivity index (χ1n) is 7.94. The minimum Gasteiger partial charge on any atom is -0.408 e. The van der Waals surface area contributed by atoms with Crippen molar-refractivity contribution in [1.29, 1.82) is 0 Å². The number of nitrogens with zero attached hydrogens (tertiary/aromatic N) is 1. The van der Waals surface area contributed by atoms with E-state index in [1.54, 1.807) is 4.57 Å². The van der Waals surface area contributed by atoms with Crippen LogP contribution in [0.15, 0.2) is 27.4 Å². The highest BCUT2D eigenvalue weighted by atomic mass is 35.5. The zero-order valence-corrected chi connectivity index (χ0v) is 13.0. The number of aryl methyl sites for hydroxylation is 1. The third kappa shape index (κ3) is 2.05. The van der Waals surface area contributed by atoms with Gasteiger partial charge in [0.05, 0.1) is 10.9 Å². The molecule has 0 amide bonds. The summed E-state index contributed by atoms with van der Waals surface area (Å²) in [5, 5.41) is 0.0416. The lowest BCUT2D eigenvalue weighted by Crippen LogP contribution is -2.15. The fourth-order valence-corrected chi connectivity index (χ4v) is 4.90. The fourth-order valence-electron chi connectivity index (χ4n) is 4.45. The smallest absolute Gasteiger partial charge is 0.408 e. The molecule has 0 aliphatic heterocycles. The Morgan fingerprint density at radius 3 is 2.90 bits per heavy atom. The van der Waals surface area contributed by atoms with Crippen molar-refractivity contribution in [3.05, 3.63) is 34.3 Å². The third-order valence-corrected chi connectivity index (χ3v) is 6.07. The monoisotopic (exact) mass is 305 g/mol. The number of aromatic nitrogens is 1. The molecule has 3 nitrogen and oxygen atoms in total. The van der Waals surface area contributed by atoms with Gasteiger partial charge in [-0.3, -0.25) is 4.57 Å². The predicted octanol–water partition coefficient (Wildman–Crippen LogP) is 4.33. The van der Waals surface area contributed by atoms with Gasteiger partial charge in [0.15, 0.2) is 5.58 Å². The summed E-state index contributed by atoms with van der Waals surface area (Å²) in [6.07, 6.45) is 5.34. The number of oxazole rings is 1. The Morgan fingerprint density at radius 1 is 1.38 bits per heavy atom. The van der Waals surface area contributed by atoms with Crippen molar-refractivity contribution >= 4 is 22.7 Å². The Hall–Kier alpha value is -1.22. The van der Waals surface area contributed by atoms with Gasteiger partial charge in [-0.25, -0.2) is 4.79 Å². The minimum absolute atomic E-state index is 0.0416. The van der Waals surface area contributed by atoms with Gasteiger partial charge in [0, 0.05) is 6.54 Å². The summed E-state index contributed by atoms with van der Waals surface area (Å²) in [6.45, 7) is 2.58. The Bertz CT molecular complexity index is 732. The molecule has 4 rings (SSSR count). The highest BCUT2D eigenvalue weighted by molar-refractivity contribution is 6.21. The highest BCUT2D eigenvalue weighted by Gasteiger charge is 2.43. The van der Waals surface area contributed by atoms with Crippen molar-refractivity contribution in [2.45, 2.75) is 44.5 Å². The molecule has 2 bridgehead atoms. The molecule has 1 heterocycles. The Kier molecular flexibility index (Phi) is 3.14. The van der Waals surface area contributed by atoms with Crippen LogP contribution in [-0.4, -0.2) is 4.57 Å². The number of fused-ring (bicyclic) bond motifs is 3. The summed E-state index contributed by atoms with van der Waals surface area (Å²) in [5.41, 5.74) is 2.62. The molecule has 4 unspecified atom stereocenters. The maximum absolute atomic E-state index is 11.8. The van der Waals surface area contributed by atoms with Crippen LogP contribution >= 0.6 is 11.6 Å². The number of halogens is 1. The van der Waals surface area contributed by atoms with E-state index >= 15 is 0 Å². The Labute approximate surface area is 128 Å². The van der Waals surface area contributed by atoms with Crippen molar-refractivity contribution in [3.63, 3.8) is 0 Å². The van der Waals surface area contributed by atoms with Crippen molar-refractivity contribution < 1.29 is 4.42 Å². The molecule has 2 saturated carbocycles. The molecule has 2 aromatic rings. The van der Waals surface area contributed by atoms with Crippen LogP contribution in [0.4, 0.5) is 0 Å². The van der Waals surface area contributed by atoms with Gasteiger partial charge < -0.3 is 4.42 Å². The van der Waals surface area contributed by atoms with Crippen LogP contribution in [0.25, 0.3) is 11.1 Å². The second-order valence-corrected chi connectivity index (χ2v) is 7.05. The fraction of sp³-hybridized carbons (Fsp3) is 0.588. The van der Waals surface area contributed by atoms with E-state index in [-0.39, 0.29) is 11.1 Å². The molecule has 2 fully saturated rings. The van der Waals surface area contributed by atoms with E-state index < -0.39 is 0 Å². The first kappa shape index (κ1) is 13.4. The molecule has 4 heteroatoms. The van der Waals surface area contributed by atoms with Gasteiger partial charge in [0.1, 0.15) is 0 Å². The Morgan fingerprint density at radius 2 is 2.24 bits per heavy atom. The van der Waals surface area contributed by atoms with Crippen molar-refractivity contribution in [1.82, 2.24) is 4.57 Å². The van der Waals surface area contributed by atoms with Gasteiger partial charge in [-0.15, -0.1) is 11.6 Å². The molecule has 0 spiro atoms. The maximum atomic E-state index is 11.8. The molecule has 0 radical (unpaired) electrons. The zero-order valence-electron chi connectivity index (χ0n) is 12.2. The molecular formula is C17H20ClNO2. The number of benzene rings is 1. The number of hydrogen-bond acceptors (Lipinski definition) is 2. The van der Waals surface area contributed by atoms with Gasteiger partial charge in [-0.1, -0.05) is 12.5 Å². The van der Waals surface area contributed by atoms with Crippen molar-refractivity contribution in [3.8, 4) is 0 Å². The van der Waals surface area contributed by atoms with E-state index in [9.17, 15) is 4.79 Å². The van der Waals surface area contributed by atoms with E-state index in [0.29, 0.717) is 18.0 Å². The predicted molar refractivity (Wildman–Crippen MR) is 83.7 cm³/mol. The summed E-state index contributed by atoms with van der Waals surface area (Å²) in [5.74, 6) is 1.99. The van der Waals surface area contributed by atoms with Gasteiger partial charge in [-0.2, -0.15) is 0 Å². The third-order valence-electron chi connectivity index (χ3n) is 5.50. The van der Waals surface area contributed by atoms with Crippen molar-refractivity contribution in [2.24, 2.45) is 17.8 Å². The largest absolute Gasteiger partial charge is 0.419 e. The summed E-state index contributed by atoms with van der Waals surface area (Å²) in [4.78, 5) is 11.8. The number of hydrogen-bond donors (Lipinski definition) is 0. The molecule has 112 valence electrons. The summed E-state index contributed by atoms with van der Waals surface area (Å²) < 4.78 is 7.01. The molecular weight excluding hydrogens is 286 g/mol. The molecule has 1 aromatic carbocycles. The lowest BCUT2D eigenvalue weighted by Gasteiger charge is -2.26. The summed E-state index contributed by atoms with van der Waals surface area (Å²) in [6, 6.07) is 6.00. The number of alkyl halides is 1. The standard InChI is InChI=1S/C17H20ClNO2/c1-2-19-14-6-5-12(9-15(14)21-17(19)20)16(18)13-8-10-3-4-11(13)7-10/h5-6,9-11,13,16H,2-4,7-8H2,1H3. The van der Waals surface area contributed by atoms with Crippen molar-refractivity contribution in [2.75, 3.05) is 0 Å². The lowest BCUT2D eigenvalue weighted by molar-refractivity contribution is 0.323. The van der Waals surface area contributed by atoms with E-state index in [4.69, 9.17) is 16.0 Å². The van der Waals surface area contributed by atoms with E-state index in [2.05, 4.69) is 6.07 Å². The summed E-state index contributed by atoms with van der Waals surface area (Å²) >= 11 is 6.76. The molecule has 2 aliphatic rings.